The highest BCUT2D eigenvalue weighted by Gasteiger charge is 2.31. The van der Waals surface area contributed by atoms with Crippen LogP contribution in [0.4, 0.5) is 13.2 Å². The van der Waals surface area contributed by atoms with E-state index < -0.39 is 11.7 Å². The zero-order valence-electron chi connectivity index (χ0n) is 10.5. The van der Waals surface area contributed by atoms with Gasteiger partial charge in [-0.2, -0.15) is 13.2 Å². The summed E-state index contributed by atoms with van der Waals surface area (Å²) in [4.78, 5) is 21.6. The standard InChI is InChI=1S/C14H8F3N3O/c15-14(16,17)10-6-19-12(20-7-10)9-1-2-11-8(5-9)3-4-18-13(11)21/h1-7H,(H,18,21). The number of halogens is 3. The zero-order chi connectivity index (χ0) is 15.0. The van der Waals surface area contributed by atoms with E-state index in [9.17, 15) is 18.0 Å². The Balaban J connectivity index is 2.06. The molecular formula is C14H8F3N3O. The summed E-state index contributed by atoms with van der Waals surface area (Å²) in [6.45, 7) is 0. The maximum atomic E-state index is 12.5. The summed E-state index contributed by atoms with van der Waals surface area (Å²) < 4.78 is 37.4. The first-order valence-electron chi connectivity index (χ1n) is 5.96. The maximum Gasteiger partial charge on any atom is 0.419 e. The van der Waals surface area contributed by atoms with Gasteiger partial charge in [-0.25, -0.2) is 9.97 Å². The second kappa shape index (κ2) is 4.69. The third-order valence-corrected chi connectivity index (χ3v) is 3.01. The van der Waals surface area contributed by atoms with Crippen LogP contribution in [-0.4, -0.2) is 15.0 Å². The van der Waals surface area contributed by atoms with Crippen molar-refractivity contribution in [1.82, 2.24) is 15.0 Å². The molecule has 0 aliphatic rings. The number of hydrogen-bond acceptors (Lipinski definition) is 3. The summed E-state index contributed by atoms with van der Waals surface area (Å²) >= 11 is 0. The lowest BCUT2D eigenvalue weighted by atomic mass is 10.1. The molecule has 0 radical (unpaired) electrons. The van der Waals surface area contributed by atoms with Crippen LogP contribution in [0.25, 0.3) is 22.2 Å². The van der Waals surface area contributed by atoms with Crippen LogP contribution >= 0.6 is 0 Å². The van der Waals surface area contributed by atoms with E-state index in [0.29, 0.717) is 16.3 Å². The van der Waals surface area contributed by atoms with E-state index in [1.807, 2.05) is 0 Å². The van der Waals surface area contributed by atoms with Gasteiger partial charge < -0.3 is 4.98 Å². The van der Waals surface area contributed by atoms with Crippen molar-refractivity contribution < 1.29 is 13.2 Å². The lowest BCUT2D eigenvalue weighted by molar-refractivity contribution is -0.138. The highest BCUT2D eigenvalue weighted by Crippen LogP contribution is 2.29. The first-order valence-corrected chi connectivity index (χ1v) is 5.96. The number of nitrogens with one attached hydrogen (secondary N) is 1. The number of nitrogens with zero attached hydrogens (tertiary/aromatic N) is 2. The third-order valence-electron chi connectivity index (χ3n) is 3.01. The smallest absolute Gasteiger partial charge is 0.329 e. The molecular weight excluding hydrogens is 283 g/mol. The fourth-order valence-corrected chi connectivity index (χ4v) is 1.95. The SMILES string of the molecule is O=c1[nH]ccc2cc(-c3ncc(C(F)(F)F)cn3)ccc12. The maximum absolute atomic E-state index is 12.5. The molecule has 0 amide bonds. The number of benzene rings is 1. The topological polar surface area (TPSA) is 58.6 Å². The minimum atomic E-state index is -4.46. The quantitative estimate of drug-likeness (QED) is 0.749. The van der Waals surface area contributed by atoms with Crippen LogP contribution in [0.5, 0.6) is 0 Å². The number of hydrogen-bond donors (Lipinski definition) is 1. The number of H-pyrrole nitrogens is 1. The predicted octanol–water partition coefficient (Wildman–Crippen LogP) is 3.00. The van der Waals surface area contributed by atoms with Gasteiger partial charge in [0, 0.05) is 29.5 Å². The van der Waals surface area contributed by atoms with Crippen LogP contribution in [-0.2, 0) is 6.18 Å². The number of aromatic nitrogens is 3. The van der Waals surface area contributed by atoms with E-state index in [0.717, 1.165) is 12.4 Å². The van der Waals surface area contributed by atoms with Crippen molar-refractivity contribution in [2.24, 2.45) is 0 Å². The summed E-state index contributed by atoms with van der Waals surface area (Å²) in [5.41, 5.74) is -0.585. The van der Waals surface area contributed by atoms with Gasteiger partial charge in [-0.3, -0.25) is 4.79 Å². The fourth-order valence-electron chi connectivity index (χ4n) is 1.95. The van der Waals surface area contributed by atoms with Gasteiger partial charge in [0.1, 0.15) is 0 Å². The molecule has 4 nitrogen and oxygen atoms in total. The summed E-state index contributed by atoms with van der Waals surface area (Å²) in [6.07, 6.45) is -1.48. The normalized spacial score (nSPS) is 11.8. The van der Waals surface area contributed by atoms with Crippen LogP contribution in [0, 0.1) is 0 Å². The summed E-state index contributed by atoms with van der Waals surface area (Å²) in [5, 5.41) is 1.16. The van der Waals surface area contributed by atoms with Gasteiger partial charge in [0.15, 0.2) is 5.82 Å². The molecule has 0 aliphatic heterocycles. The van der Waals surface area contributed by atoms with Crippen LogP contribution in [0.15, 0.2) is 47.7 Å². The van der Waals surface area contributed by atoms with Crippen molar-refractivity contribution in [1.29, 1.82) is 0 Å². The second-order valence-electron chi connectivity index (χ2n) is 4.40. The molecule has 0 fully saturated rings. The Morgan fingerprint density at radius 3 is 2.43 bits per heavy atom. The van der Waals surface area contributed by atoms with Crippen molar-refractivity contribution in [3.63, 3.8) is 0 Å². The Morgan fingerprint density at radius 2 is 1.76 bits per heavy atom. The molecule has 0 bridgehead atoms. The third kappa shape index (κ3) is 2.49. The minimum Gasteiger partial charge on any atom is -0.329 e. The molecule has 0 spiro atoms. The van der Waals surface area contributed by atoms with E-state index in [4.69, 9.17) is 0 Å². The highest BCUT2D eigenvalue weighted by molar-refractivity contribution is 5.85. The number of alkyl halides is 3. The zero-order valence-corrected chi connectivity index (χ0v) is 10.5. The molecule has 0 aliphatic carbocycles. The molecule has 1 aromatic carbocycles. The minimum absolute atomic E-state index is 0.171. The Bertz CT molecular complexity index is 854. The lowest BCUT2D eigenvalue weighted by Gasteiger charge is -2.06. The average molecular weight is 291 g/mol. The van der Waals surface area contributed by atoms with Gasteiger partial charge in [0.25, 0.3) is 5.56 Å². The Morgan fingerprint density at radius 1 is 1.05 bits per heavy atom. The van der Waals surface area contributed by atoms with Crippen LogP contribution in [0.3, 0.4) is 0 Å². The van der Waals surface area contributed by atoms with Crippen LogP contribution < -0.4 is 5.56 Å². The number of fused-ring (bicyclic) bond motifs is 1. The second-order valence-corrected chi connectivity index (χ2v) is 4.40. The van der Waals surface area contributed by atoms with Gasteiger partial charge >= 0.3 is 6.18 Å². The summed E-state index contributed by atoms with van der Waals surface area (Å²) in [7, 11) is 0. The Hall–Kier alpha value is -2.70. The molecule has 0 saturated carbocycles. The monoisotopic (exact) mass is 291 g/mol. The highest BCUT2D eigenvalue weighted by atomic mass is 19.4. The molecule has 106 valence electrons. The predicted molar refractivity (Wildman–Crippen MR) is 70.6 cm³/mol. The first-order chi connectivity index (χ1) is 9.95. The van der Waals surface area contributed by atoms with E-state index in [2.05, 4.69) is 15.0 Å². The molecule has 0 atom stereocenters. The number of pyridine rings is 1. The molecule has 3 rings (SSSR count). The summed E-state index contributed by atoms with van der Waals surface area (Å²) in [5.74, 6) is 0.171. The summed E-state index contributed by atoms with van der Waals surface area (Å²) in [6, 6.07) is 6.54. The van der Waals surface area contributed by atoms with Gasteiger partial charge in [-0.1, -0.05) is 6.07 Å². The Kier molecular flexibility index (Phi) is 2.97. The van der Waals surface area contributed by atoms with Crippen LogP contribution in [0.1, 0.15) is 5.56 Å². The molecule has 0 unspecified atom stereocenters. The molecule has 3 aromatic rings. The van der Waals surface area contributed by atoms with Crippen molar-refractivity contribution in [2.75, 3.05) is 0 Å². The van der Waals surface area contributed by atoms with Crippen molar-refractivity contribution in [2.45, 2.75) is 6.18 Å². The van der Waals surface area contributed by atoms with Crippen LogP contribution in [0.2, 0.25) is 0 Å². The number of rotatable bonds is 1. The fraction of sp³-hybridized carbons (Fsp3) is 0.0714. The van der Waals surface area contributed by atoms with Gasteiger partial charge in [-0.15, -0.1) is 0 Å². The molecule has 2 heterocycles. The largest absolute Gasteiger partial charge is 0.419 e. The van der Waals surface area contributed by atoms with Gasteiger partial charge in [0.05, 0.1) is 5.56 Å². The van der Waals surface area contributed by atoms with E-state index in [1.54, 1.807) is 24.3 Å². The molecule has 21 heavy (non-hydrogen) atoms. The molecule has 7 heteroatoms. The van der Waals surface area contributed by atoms with Gasteiger partial charge in [-0.05, 0) is 23.6 Å². The van der Waals surface area contributed by atoms with E-state index in [-0.39, 0.29) is 11.4 Å². The molecule has 2 aromatic heterocycles. The molecule has 1 N–H and O–H groups in total. The number of aromatic amines is 1. The first kappa shape index (κ1) is 13.3. The van der Waals surface area contributed by atoms with E-state index >= 15 is 0 Å². The van der Waals surface area contributed by atoms with Gasteiger partial charge in [0.2, 0.25) is 0 Å². The average Bonchev–Trinajstić information content (AvgIpc) is 2.46. The lowest BCUT2D eigenvalue weighted by Crippen LogP contribution is -2.07. The van der Waals surface area contributed by atoms with Crippen molar-refractivity contribution in [3.8, 4) is 11.4 Å². The van der Waals surface area contributed by atoms with Crippen molar-refractivity contribution in [3.05, 3.63) is 58.8 Å². The Labute approximate surface area is 116 Å². The van der Waals surface area contributed by atoms with E-state index in [1.165, 1.54) is 6.20 Å². The molecule has 0 saturated heterocycles. The van der Waals surface area contributed by atoms with Crippen molar-refractivity contribution >= 4 is 10.8 Å².